The van der Waals surface area contributed by atoms with E-state index >= 15 is 0 Å². The molecule has 0 bridgehead atoms. The van der Waals surface area contributed by atoms with E-state index in [1.807, 2.05) is 44.2 Å². The summed E-state index contributed by atoms with van der Waals surface area (Å²) < 4.78 is 17.1. The first kappa shape index (κ1) is 16.1. The summed E-state index contributed by atoms with van der Waals surface area (Å²) >= 11 is 0. The second-order valence-electron chi connectivity index (χ2n) is 5.54. The van der Waals surface area contributed by atoms with Crippen LogP contribution < -0.4 is 0 Å². The van der Waals surface area contributed by atoms with Crippen molar-refractivity contribution in [1.29, 1.82) is 0 Å². The first-order valence-electron chi connectivity index (χ1n) is 7.22. The van der Waals surface area contributed by atoms with E-state index in [1.165, 1.54) is 6.92 Å². The van der Waals surface area contributed by atoms with Gasteiger partial charge in [0.2, 0.25) is 0 Å². The summed E-state index contributed by atoms with van der Waals surface area (Å²) in [5.41, 5.74) is 0.493. The van der Waals surface area contributed by atoms with Gasteiger partial charge in [-0.25, -0.2) is 0 Å². The zero-order valence-corrected chi connectivity index (χ0v) is 12.7. The summed E-state index contributed by atoms with van der Waals surface area (Å²) in [7, 11) is 5.96. The van der Waals surface area contributed by atoms with Crippen LogP contribution in [0, 0.1) is 0 Å². The third-order valence-corrected chi connectivity index (χ3v) is 3.91. The lowest BCUT2D eigenvalue weighted by Crippen LogP contribution is -2.44. The fourth-order valence-corrected chi connectivity index (χ4v) is 2.60. The molecule has 4 atom stereocenters. The molecule has 0 N–H and O–H groups in total. The number of hydrogen-bond acceptors (Lipinski definition) is 4. The molecule has 1 aromatic rings. The molecule has 1 fully saturated rings. The standard InChI is InChI=1S/C16H21BO4/c1-4-16(3)14(13(15(17)21-16)20-11(2)18)19-10-12-8-6-5-7-9-12/h5-9,13-15H,4,10H2,1-3H3/t13?,14-,15-,16-/m1/s1. The van der Waals surface area contributed by atoms with E-state index in [0.717, 1.165) is 12.0 Å². The van der Waals surface area contributed by atoms with Crippen LogP contribution >= 0.6 is 0 Å². The van der Waals surface area contributed by atoms with Crippen molar-refractivity contribution in [3.8, 4) is 0 Å². The fraction of sp³-hybridized carbons (Fsp3) is 0.562. The molecule has 4 nitrogen and oxygen atoms in total. The third-order valence-electron chi connectivity index (χ3n) is 3.91. The Morgan fingerprint density at radius 3 is 2.62 bits per heavy atom. The molecule has 5 heteroatoms. The first-order chi connectivity index (χ1) is 9.96. The molecule has 1 heterocycles. The summed E-state index contributed by atoms with van der Waals surface area (Å²) in [6.07, 6.45) is -0.254. The van der Waals surface area contributed by atoms with Gasteiger partial charge in [-0.3, -0.25) is 4.79 Å². The second kappa shape index (κ2) is 6.63. The summed E-state index contributed by atoms with van der Waals surface area (Å²) in [6.45, 7) is 5.73. The van der Waals surface area contributed by atoms with Crippen LogP contribution in [0.3, 0.4) is 0 Å². The maximum absolute atomic E-state index is 11.3. The van der Waals surface area contributed by atoms with Gasteiger partial charge in [-0.1, -0.05) is 37.3 Å². The molecule has 2 rings (SSSR count). The van der Waals surface area contributed by atoms with E-state index in [2.05, 4.69) is 0 Å². The average Bonchev–Trinajstić information content (AvgIpc) is 2.69. The van der Waals surface area contributed by atoms with Crippen LogP contribution in [0.15, 0.2) is 30.3 Å². The van der Waals surface area contributed by atoms with E-state index in [-0.39, 0.29) is 12.1 Å². The lowest BCUT2D eigenvalue weighted by atomic mass is 9.88. The Kier molecular flexibility index (Phi) is 5.06. The minimum absolute atomic E-state index is 0.382. The predicted molar refractivity (Wildman–Crippen MR) is 79.9 cm³/mol. The van der Waals surface area contributed by atoms with Crippen LogP contribution in [0.4, 0.5) is 0 Å². The largest absolute Gasteiger partial charge is 0.458 e. The van der Waals surface area contributed by atoms with Crippen molar-refractivity contribution in [2.24, 2.45) is 0 Å². The average molecular weight is 288 g/mol. The van der Waals surface area contributed by atoms with Crippen LogP contribution in [-0.4, -0.2) is 37.6 Å². The number of carbonyl (C=O) groups excluding carboxylic acids is 1. The van der Waals surface area contributed by atoms with Gasteiger partial charge >= 0.3 is 5.97 Å². The minimum atomic E-state index is -0.667. The van der Waals surface area contributed by atoms with E-state index < -0.39 is 17.7 Å². The van der Waals surface area contributed by atoms with Crippen LogP contribution in [0.1, 0.15) is 32.8 Å². The molecule has 21 heavy (non-hydrogen) atoms. The molecule has 0 saturated carbocycles. The Morgan fingerprint density at radius 2 is 2.05 bits per heavy atom. The highest BCUT2D eigenvalue weighted by Gasteiger charge is 2.51. The normalized spacial score (nSPS) is 32.0. The van der Waals surface area contributed by atoms with Crippen molar-refractivity contribution in [3.05, 3.63) is 35.9 Å². The van der Waals surface area contributed by atoms with Gasteiger partial charge in [0.05, 0.1) is 18.2 Å². The van der Waals surface area contributed by atoms with Crippen LogP contribution in [0.25, 0.3) is 0 Å². The van der Waals surface area contributed by atoms with Gasteiger partial charge in [0.1, 0.15) is 20.1 Å². The van der Waals surface area contributed by atoms with Crippen molar-refractivity contribution >= 4 is 13.8 Å². The van der Waals surface area contributed by atoms with Gasteiger partial charge in [-0.2, -0.15) is 0 Å². The number of hydrogen-bond donors (Lipinski definition) is 0. The second-order valence-corrected chi connectivity index (χ2v) is 5.54. The molecule has 0 aromatic heterocycles. The lowest BCUT2D eigenvalue weighted by molar-refractivity contribution is -0.155. The summed E-state index contributed by atoms with van der Waals surface area (Å²) in [5.74, 6) is -0.382. The quantitative estimate of drug-likeness (QED) is 0.615. The molecule has 1 saturated heterocycles. The number of rotatable bonds is 5. The molecular weight excluding hydrogens is 267 g/mol. The highest BCUT2D eigenvalue weighted by molar-refractivity contribution is 6.11. The Balaban J connectivity index is 2.11. The Hall–Kier alpha value is -1.33. The van der Waals surface area contributed by atoms with E-state index in [4.69, 9.17) is 22.1 Å². The maximum Gasteiger partial charge on any atom is 0.303 e. The molecule has 1 unspecified atom stereocenters. The lowest BCUT2D eigenvalue weighted by Gasteiger charge is -2.31. The van der Waals surface area contributed by atoms with Gasteiger partial charge in [-0.05, 0) is 18.9 Å². The molecule has 0 aliphatic carbocycles. The first-order valence-corrected chi connectivity index (χ1v) is 7.22. The highest BCUT2D eigenvalue weighted by atomic mass is 16.6. The molecule has 2 radical (unpaired) electrons. The molecule has 1 aliphatic rings. The summed E-state index contributed by atoms with van der Waals surface area (Å²) in [6, 6.07) is 9.17. The number of ether oxygens (including phenoxy) is 3. The molecule has 112 valence electrons. The molecule has 1 aliphatic heterocycles. The van der Waals surface area contributed by atoms with Crippen LogP contribution in [0.2, 0.25) is 0 Å². The number of esters is 1. The topological polar surface area (TPSA) is 44.8 Å². The minimum Gasteiger partial charge on any atom is -0.458 e. The molecule has 1 aromatic carbocycles. The van der Waals surface area contributed by atoms with Crippen LogP contribution in [0.5, 0.6) is 0 Å². The van der Waals surface area contributed by atoms with Crippen molar-refractivity contribution in [3.63, 3.8) is 0 Å². The Morgan fingerprint density at radius 1 is 1.38 bits per heavy atom. The van der Waals surface area contributed by atoms with Gasteiger partial charge < -0.3 is 14.2 Å². The Bertz CT molecular complexity index is 478. The van der Waals surface area contributed by atoms with Crippen molar-refractivity contribution in [2.45, 2.75) is 57.6 Å². The van der Waals surface area contributed by atoms with E-state index in [1.54, 1.807) is 0 Å². The smallest absolute Gasteiger partial charge is 0.303 e. The predicted octanol–water partition coefficient (Wildman–Crippen LogP) is 2.20. The van der Waals surface area contributed by atoms with Crippen molar-refractivity contribution in [1.82, 2.24) is 0 Å². The molecular formula is C16H21BO4. The van der Waals surface area contributed by atoms with Gasteiger partial charge in [-0.15, -0.1) is 0 Å². The zero-order valence-electron chi connectivity index (χ0n) is 12.7. The summed E-state index contributed by atoms with van der Waals surface area (Å²) in [5, 5.41) is 0. The van der Waals surface area contributed by atoms with E-state index in [9.17, 15) is 4.79 Å². The monoisotopic (exact) mass is 288 g/mol. The van der Waals surface area contributed by atoms with Gasteiger partial charge in [0, 0.05) is 6.92 Å². The molecule has 0 amide bonds. The van der Waals surface area contributed by atoms with Crippen molar-refractivity contribution < 1.29 is 19.0 Å². The van der Waals surface area contributed by atoms with E-state index in [0.29, 0.717) is 6.61 Å². The SMILES string of the molecule is [B][C@@H]1O[C@](C)(CC)[C@H](OCc2ccccc2)C1OC(C)=O. The van der Waals surface area contributed by atoms with Crippen LogP contribution in [-0.2, 0) is 25.6 Å². The molecule has 0 spiro atoms. The number of carbonyl (C=O) groups is 1. The number of benzene rings is 1. The zero-order chi connectivity index (χ0) is 15.5. The highest BCUT2D eigenvalue weighted by Crippen LogP contribution is 2.36. The van der Waals surface area contributed by atoms with Crippen molar-refractivity contribution in [2.75, 3.05) is 0 Å². The Labute approximate surface area is 127 Å². The fourth-order valence-electron chi connectivity index (χ4n) is 2.60. The summed E-state index contributed by atoms with van der Waals surface area (Å²) in [4.78, 5) is 11.3. The van der Waals surface area contributed by atoms with Gasteiger partial charge in [0.25, 0.3) is 0 Å². The van der Waals surface area contributed by atoms with Gasteiger partial charge in [0.15, 0.2) is 0 Å². The third kappa shape index (κ3) is 3.66. The maximum atomic E-state index is 11.3.